The fourth-order valence-electron chi connectivity index (χ4n) is 2.31. The molecule has 0 unspecified atom stereocenters. The van der Waals surface area contributed by atoms with Crippen molar-refractivity contribution in [2.75, 3.05) is 46.8 Å². The Balaban J connectivity index is 1.74. The molecule has 1 amide bonds. The van der Waals surface area contributed by atoms with E-state index in [2.05, 4.69) is 26.9 Å². The molecule has 0 radical (unpaired) electrons. The lowest BCUT2D eigenvalue weighted by atomic mass is 10.3. The van der Waals surface area contributed by atoms with Crippen molar-refractivity contribution >= 4 is 5.91 Å². The Morgan fingerprint density at radius 1 is 1.24 bits per heavy atom. The molecule has 1 saturated heterocycles. The van der Waals surface area contributed by atoms with Crippen LogP contribution >= 0.6 is 0 Å². The van der Waals surface area contributed by atoms with E-state index in [4.69, 9.17) is 4.52 Å². The van der Waals surface area contributed by atoms with Crippen molar-refractivity contribution in [3.05, 3.63) is 11.7 Å². The van der Waals surface area contributed by atoms with E-state index >= 15 is 0 Å². The normalized spacial score (nSPS) is 17.1. The summed E-state index contributed by atoms with van der Waals surface area (Å²) < 4.78 is 5.27. The van der Waals surface area contributed by atoms with Crippen molar-refractivity contribution in [1.29, 1.82) is 0 Å². The second-order valence-corrected chi connectivity index (χ2v) is 5.69. The van der Waals surface area contributed by atoms with Gasteiger partial charge in [0.15, 0.2) is 5.82 Å². The highest BCUT2D eigenvalue weighted by atomic mass is 16.5. The van der Waals surface area contributed by atoms with Crippen molar-refractivity contribution < 1.29 is 9.32 Å². The van der Waals surface area contributed by atoms with E-state index in [1.54, 1.807) is 19.0 Å². The van der Waals surface area contributed by atoms with Gasteiger partial charge in [-0.05, 0) is 6.42 Å². The van der Waals surface area contributed by atoms with Gasteiger partial charge in [-0.1, -0.05) is 12.1 Å². The number of aromatic nitrogens is 2. The lowest BCUT2D eigenvalue weighted by Crippen LogP contribution is -2.48. The fourth-order valence-corrected chi connectivity index (χ4v) is 2.31. The highest BCUT2D eigenvalue weighted by Gasteiger charge is 2.21. The number of carbonyl (C=O) groups is 1. The first-order valence-corrected chi connectivity index (χ1v) is 7.54. The summed E-state index contributed by atoms with van der Waals surface area (Å²) in [5.74, 6) is 1.64. The predicted molar refractivity (Wildman–Crippen MR) is 78.7 cm³/mol. The van der Waals surface area contributed by atoms with Crippen LogP contribution in [0.3, 0.4) is 0 Å². The summed E-state index contributed by atoms with van der Waals surface area (Å²) in [5, 5.41) is 3.97. The molecule has 0 saturated carbocycles. The molecule has 118 valence electrons. The molecule has 1 aromatic heterocycles. The number of aryl methyl sites for hydroxylation is 1. The van der Waals surface area contributed by atoms with Gasteiger partial charge in [-0.2, -0.15) is 4.98 Å². The quantitative estimate of drug-likeness (QED) is 0.748. The highest BCUT2D eigenvalue weighted by Crippen LogP contribution is 2.08. The van der Waals surface area contributed by atoms with Crippen molar-refractivity contribution in [2.45, 2.75) is 26.3 Å². The van der Waals surface area contributed by atoms with E-state index in [0.29, 0.717) is 19.0 Å². The second kappa shape index (κ2) is 7.51. The van der Waals surface area contributed by atoms with Gasteiger partial charge in [-0.15, -0.1) is 0 Å². The van der Waals surface area contributed by atoms with E-state index < -0.39 is 0 Å². The number of rotatable bonds is 6. The van der Waals surface area contributed by atoms with Crippen molar-refractivity contribution in [1.82, 2.24) is 24.8 Å². The molecular formula is C14H25N5O2. The van der Waals surface area contributed by atoms with Gasteiger partial charge >= 0.3 is 0 Å². The minimum Gasteiger partial charge on any atom is -0.348 e. The van der Waals surface area contributed by atoms with Crippen molar-refractivity contribution in [2.24, 2.45) is 0 Å². The topological polar surface area (TPSA) is 65.7 Å². The molecule has 0 aromatic carbocycles. The van der Waals surface area contributed by atoms with Gasteiger partial charge in [0.05, 0.1) is 13.1 Å². The Hall–Kier alpha value is -1.47. The summed E-state index contributed by atoms with van der Waals surface area (Å²) in [5.41, 5.74) is 0. The van der Waals surface area contributed by atoms with Gasteiger partial charge < -0.3 is 9.42 Å². The molecule has 1 aromatic rings. The van der Waals surface area contributed by atoms with E-state index in [-0.39, 0.29) is 5.91 Å². The molecule has 7 nitrogen and oxygen atoms in total. The number of amides is 1. The van der Waals surface area contributed by atoms with E-state index in [1.165, 1.54) is 0 Å². The first-order chi connectivity index (χ1) is 10.1. The number of hydrogen-bond acceptors (Lipinski definition) is 6. The highest BCUT2D eigenvalue weighted by molar-refractivity contribution is 5.77. The molecule has 0 spiro atoms. The van der Waals surface area contributed by atoms with Gasteiger partial charge in [-0.3, -0.25) is 14.6 Å². The Kier molecular flexibility index (Phi) is 5.69. The van der Waals surface area contributed by atoms with Gasteiger partial charge in [0.1, 0.15) is 0 Å². The lowest BCUT2D eigenvalue weighted by Gasteiger charge is -2.33. The summed E-state index contributed by atoms with van der Waals surface area (Å²) in [7, 11) is 3.59. The van der Waals surface area contributed by atoms with Gasteiger partial charge in [-0.25, -0.2) is 0 Å². The van der Waals surface area contributed by atoms with Crippen LogP contribution < -0.4 is 0 Å². The summed E-state index contributed by atoms with van der Waals surface area (Å²) in [6, 6.07) is 0. The Morgan fingerprint density at radius 3 is 2.52 bits per heavy atom. The lowest BCUT2D eigenvalue weighted by molar-refractivity contribution is -0.130. The largest absolute Gasteiger partial charge is 0.348 e. The van der Waals surface area contributed by atoms with Crippen LogP contribution in [0.25, 0.3) is 0 Å². The SMILES string of the molecule is CCCc1noc(CN2CCN(CC(=O)N(C)C)CC2)n1. The molecule has 0 N–H and O–H groups in total. The predicted octanol–water partition coefficient (Wildman–Crippen LogP) is 0.228. The van der Waals surface area contributed by atoms with Crippen LogP contribution in [-0.2, 0) is 17.8 Å². The molecule has 0 atom stereocenters. The third-order valence-corrected chi connectivity index (χ3v) is 3.67. The first kappa shape index (κ1) is 15.9. The van der Waals surface area contributed by atoms with Gasteiger partial charge in [0.25, 0.3) is 0 Å². The number of likely N-dealkylation sites (N-methyl/N-ethyl adjacent to an activating group) is 1. The third kappa shape index (κ3) is 4.78. The van der Waals surface area contributed by atoms with Crippen LogP contribution in [-0.4, -0.2) is 77.6 Å². The summed E-state index contributed by atoms with van der Waals surface area (Å²) in [4.78, 5) is 22.2. The third-order valence-electron chi connectivity index (χ3n) is 3.67. The number of hydrogen-bond donors (Lipinski definition) is 0. The number of nitrogens with zero attached hydrogens (tertiary/aromatic N) is 5. The van der Waals surface area contributed by atoms with Crippen LogP contribution in [0.15, 0.2) is 4.52 Å². The molecule has 21 heavy (non-hydrogen) atoms. The fraction of sp³-hybridized carbons (Fsp3) is 0.786. The molecule has 7 heteroatoms. The van der Waals surface area contributed by atoms with Crippen LogP contribution in [0.2, 0.25) is 0 Å². The minimum atomic E-state index is 0.157. The van der Waals surface area contributed by atoms with Crippen LogP contribution in [0, 0.1) is 0 Å². The smallest absolute Gasteiger partial charge is 0.240 e. The average Bonchev–Trinajstić information content (AvgIpc) is 2.88. The Morgan fingerprint density at radius 2 is 1.90 bits per heavy atom. The van der Waals surface area contributed by atoms with E-state index in [9.17, 15) is 4.79 Å². The van der Waals surface area contributed by atoms with E-state index in [1.807, 2.05) is 0 Å². The zero-order valence-electron chi connectivity index (χ0n) is 13.2. The molecule has 0 bridgehead atoms. The summed E-state index contributed by atoms with van der Waals surface area (Å²) >= 11 is 0. The van der Waals surface area contributed by atoms with Gasteiger partial charge in [0, 0.05) is 46.7 Å². The molecule has 0 aliphatic carbocycles. The Bertz CT molecular complexity index is 452. The summed E-state index contributed by atoms with van der Waals surface area (Å²) in [6.07, 6.45) is 1.89. The molecular weight excluding hydrogens is 270 g/mol. The van der Waals surface area contributed by atoms with Crippen LogP contribution in [0.4, 0.5) is 0 Å². The van der Waals surface area contributed by atoms with Crippen LogP contribution in [0.5, 0.6) is 0 Å². The monoisotopic (exact) mass is 295 g/mol. The first-order valence-electron chi connectivity index (χ1n) is 7.54. The maximum atomic E-state index is 11.7. The maximum Gasteiger partial charge on any atom is 0.240 e. The summed E-state index contributed by atoms with van der Waals surface area (Å²) in [6.45, 7) is 6.95. The second-order valence-electron chi connectivity index (χ2n) is 5.69. The maximum absolute atomic E-state index is 11.7. The molecule has 1 fully saturated rings. The molecule has 1 aliphatic heterocycles. The van der Waals surface area contributed by atoms with E-state index in [0.717, 1.165) is 44.8 Å². The number of piperazine rings is 1. The van der Waals surface area contributed by atoms with Crippen LogP contribution in [0.1, 0.15) is 25.1 Å². The standard InChI is InChI=1S/C14H25N5O2/c1-4-5-12-15-13(21-16-12)10-18-6-8-19(9-7-18)11-14(20)17(2)3/h4-11H2,1-3H3. The van der Waals surface area contributed by atoms with Gasteiger partial charge in [0.2, 0.25) is 11.8 Å². The Labute approximate surface area is 125 Å². The average molecular weight is 295 g/mol. The zero-order valence-corrected chi connectivity index (χ0v) is 13.2. The van der Waals surface area contributed by atoms with Crippen molar-refractivity contribution in [3.63, 3.8) is 0 Å². The number of carbonyl (C=O) groups excluding carboxylic acids is 1. The molecule has 1 aliphatic rings. The minimum absolute atomic E-state index is 0.157. The van der Waals surface area contributed by atoms with Crippen molar-refractivity contribution in [3.8, 4) is 0 Å². The molecule has 2 rings (SSSR count). The molecule has 2 heterocycles. The zero-order chi connectivity index (χ0) is 15.2.